The van der Waals surface area contributed by atoms with Crippen LogP contribution in [0.1, 0.15) is 50.0 Å². The average Bonchev–Trinajstić information content (AvgIpc) is 3.24. The van der Waals surface area contributed by atoms with Gasteiger partial charge in [0.05, 0.1) is 11.1 Å². The van der Waals surface area contributed by atoms with Crippen LogP contribution < -0.4 is 5.73 Å². The zero-order valence-corrected chi connectivity index (χ0v) is 16.5. The maximum Gasteiger partial charge on any atom is 0.261 e. The summed E-state index contributed by atoms with van der Waals surface area (Å²) in [6.07, 6.45) is 1.49. The summed E-state index contributed by atoms with van der Waals surface area (Å²) in [5.74, 6) is -0.429. The Morgan fingerprint density at radius 3 is 2.48 bits per heavy atom. The van der Waals surface area contributed by atoms with Crippen LogP contribution in [0.4, 0.5) is 0 Å². The summed E-state index contributed by atoms with van der Waals surface area (Å²) in [7, 11) is 0. The van der Waals surface area contributed by atoms with E-state index in [0.29, 0.717) is 48.7 Å². The fourth-order valence-corrected chi connectivity index (χ4v) is 4.27. The Morgan fingerprint density at radius 1 is 1.07 bits per heavy atom. The van der Waals surface area contributed by atoms with Gasteiger partial charge in [0.2, 0.25) is 0 Å². The van der Waals surface area contributed by atoms with Crippen LogP contribution in [-0.2, 0) is 6.42 Å². The van der Waals surface area contributed by atoms with Crippen LogP contribution in [-0.4, -0.2) is 53.2 Å². The van der Waals surface area contributed by atoms with Gasteiger partial charge in [0.25, 0.3) is 17.7 Å². The molecule has 2 atom stereocenters. The van der Waals surface area contributed by atoms with Gasteiger partial charge in [-0.05, 0) is 56.0 Å². The van der Waals surface area contributed by atoms with Gasteiger partial charge in [0.1, 0.15) is 0 Å². The lowest BCUT2D eigenvalue weighted by molar-refractivity contribution is 0.0655. The molecule has 0 aliphatic carbocycles. The van der Waals surface area contributed by atoms with Crippen LogP contribution >= 0.6 is 0 Å². The van der Waals surface area contributed by atoms with Gasteiger partial charge in [0.15, 0.2) is 0 Å². The van der Waals surface area contributed by atoms with Crippen LogP contribution in [0.2, 0.25) is 0 Å². The normalized spacial score (nSPS) is 21.0. The van der Waals surface area contributed by atoms with E-state index in [9.17, 15) is 14.4 Å². The number of benzene rings is 2. The van der Waals surface area contributed by atoms with E-state index >= 15 is 0 Å². The largest absolute Gasteiger partial charge is 0.336 e. The molecule has 2 N–H and O–H groups in total. The molecule has 150 valence electrons. The molecule has 2 aliphatic rings. The van der Waals surface area contributed by atoms with Crippen LogP contribution in [0.5, 0.6) is 0 Å². The third kappa shape index (κ3) is 3.56. The third-order valence-corrected chi connectivity index (χ3v) is 5.94. The molecule has 1 saturated heterocycles. The van der Waals surface area contributed by atoms with Crippen LogP contribution in [0.3, 0.4) is 0 Å². The highest BCUT2D eigenvalue weighted by Gasteiger charge is 2.37. The van der Waals surface area contributed by atoms with Gasteiger partial charge in [0, 0.05) is 24.7 Å². The monoisotopic (exact) mass is 391 g/mol. The van der Waals surface area contributed by atoms with E-state index in [1.807, 2.05) is 42.2 Å². The minimum absolute atomic E-state index is 0.112. The lowest BCUT2D eigenvalue weighted by Gasteiger charge is -2.21. The van der Waals surface area contributed by atoms with Crippen molar-refractivity contribution in [2.75, 3.05) is 19.6 Å². The second-order valence-electron chi connectivity index (χ2n) is 7.90. The zero-order chi connectivity index (χ0) is 20.5. The topological polar surface area (TPSA) is 83.7 Å². The van der Waals surface area contributed by atoms with Gasteiger partial charge in [-0.1, -0.05) is 30.3 Å². The maximum atomic E-state index is 13.0. The SMILES string of the molecule is CC1CC(CN)CN1C(=O)c1ccc2c(c1)C(=O)N(CCc1ccccc1)C2=O. The number of amides is 3. The fourth-order valence-electron chi connectivity index (χ4n) is 4.27. The second kappa shape index (κ2) is 7.79. The Kier molecular flexibility index (Phi) is 5.20. The lowest BCUT2D eigenvalue weighted by Crippen LogP contribution is -2.34. The number of rotatable bonds is 5. The molecule has 0 saturated carbocycles. The van der Waals surface area contributed by atoms with Gasteiger partial charge < -0.3 is 10.6 Å². The van der Waals surface area contributed by atoms with E-state index in [0.717, 1.165) is 12.0 Å². The molecule has 6 nitrogen and oxygen atoms in total. The van der Waals surface area contributed by atoms with E-state index in [4.69, 9.17) is 5.73 Å². The van der Waals surface area contributed by atoms with E-state index in [-0.39, 0.29) is 23.8 Å². The fraction of sp³-hybridized carbons (Fsp3) is 0.348. The average molecular weight is 391 g/mol. The highest BCUT2D eigenvalue weighted by Crippen LogP contribution is 2.28. The molecule has 2 aromatic rings. The molecule has 2 unspecified atom stereocenters. The molecule has 2 aromatic carbocycles. The quantitative estimate of drug-likeness (QED) is 0.793. The summed E-state index contributed by atoms with van der Waals surface area (Å²) >= 11 is 0. The molecule has 0 aromatic heterocycles. The summed E-state index contributed by atoms with van der Waals surface area (Å²) in [5.41, 5.74) is 7.96. The van der Waals surface area contributed by atoms with Crippen molar-refractivity contribution in [3.8, 4) is 0 Å². The van der Waals surface area contributed by atoms with Crippen molar-refractivity contribution in [1.29, 1.82) is 0 Å². The minimum Gasteiger partial charge on any atom is -0.336 e. The van der Waals surface area contributed by atoms with Gasteiger partial charge in [-0.25, -0.2) is 0 Å². The Balaban J connectivity index is 1.52. The highest BCUT2D eigenvalue weighted by molar-refractivity contribution is 6.22. The first kappa shape index (κ1) is 19.3. The number of nitrogens with two attached hydrogens (primary N) is 1. The maximum absolute atomic E-state index is 13.0. The molecule has 6 heteroatoms. The zero-order valence-electron chi connectivity index (χ0n) is 16.5. The van der Waals surface area contributed by atoms with Crippen LogP contribution in [0, 0.1) is 5.92 Å². The lowest BCUT2D eigenvalue weighted by atomic mass is 10.0. The molecular formula is C23H25N3O3. The molecular weight excluding hydrogens is 366 g/mol. The summed E-state index contributed by atoms with van der Waals surface area (Å²) in [6.45, 7) is 3.52. The first-order chi connectivity index (χ1) is 14.0. The predicted molar refractivity (Wildman–Crippen MR) is 110 cm³/mol. The standard InChI is InChI=1S/C23H25N3O3/c1-15-11-17(13-24)14-26(15)21(27)18-7-8-19-20(12-18)23(29)25(22(19)28)10-9-16-5-3-2-4-6-16/h2-8,12,15,17H,9-11,13-14,24H2,1H3. The first-order valence-electron chi connectivity index (χ1n) is 10.0. The van der Waals surface area contributed by atoms with Crippen molar-refractivity contribution in [2.24, 2.45) is 11.7 Å². The van der Waals surface area contributed by atoms with Crippen molar-refractivity contribution in [1.82, 2.24) is 9.80 Å². The summed E-state index contributed by atoms with van der Waals surface area (Å²) in [6, 6.07) is 14.7. The van der Waals surface area contributed by atoms with Crippen molar-refractivity contribution >= 4 is 17.7 Å². The molecule has 2 heterocycles. The summed E-state index contributed by atoms with van der Waals surface area (Å²) in [5, 5.41) is 0. The molecule has 0 spiro atoms. The van der Waals surface area contributed by atoms with Gasteiger partial charge in [-0.2, -0.15) is 0 Å². The Hall–Kier alpha value is -2.99. The van der Waals surface area contributed by atoms with Gasteiger partial charge in [-0.15, -0.1) is 0 Å². The van der Waals surface area contributed by atoms with E-state index < -0.39 is 0 Å². The minimum atomic E-state index is -0.329. The number of carbonyl (C=O) groups excluding carboxylic acids is 3. The number of hydrogen-bond donors (Lipinski definition) is 1. The number of hydrogen-bond acceptors (Lipinski definition) is 4. The van der Waals surface area contributed by atoms with Crippen molar-refractivity contribution in [3.63, 3.8) is 0 Å². The second-order valence-corrected chi connectivity index (χ2v) is 7.90. The molecule has 0 bridgehead atoms. The van der Waals surface area contributed by atoms with Crippen LogP contribution in [0.25, 0.3) is 0 Å². The Labute approximate surface area is 170 Å². The molecule has 1 fully saturated rings. The summed E-state index contributed by atoms with van der Waals surface area (Å²) < 4.78 is 0. The first-order valence-corrected chi connectivity index (χ1v) is 10.0. The smallest absolute Gasteiger partial charge is 0.261 e. The molecule has 0 radical (unpaired) electrons. The van der Waals surface area contributed by atoms with E-state index in [1.165, 1.54) is 4.90 Å². The Morgan fingerprint density at radius 2 is 1.79 bits per heavy atom. The van der Waals surface area contributed by atoms with Crippen molar-refractivity contribution in [2.45, 2.75) is 25.8 Å². The third-order valence-electron chi connectivity index (χ3n) is 5.94. The van der Waals surface area contributed by atoms with Crippen LogP contribution in [0.15, 0.2) is 48.5 Å². The number of nitrogens with zero attached hydrogens (tertiary/aromatic N) is 2. The number of fused-ring (bicyclic) bond motifs is 1. The Bertz CT molecular complexity index is 957. The van der Waals surface area contributed by atoms with Gasteiger partial charge >= 0.3 is 0 Å². The molecule has 29 heavy (non-hydrogen) atoms. The molecule has 3 amide bonds. The van der Waals surface area contributed by atoms with Crippen molar-refractivity contribution in [3.05, 3.63) is 70.8 Å². The summed E-state index contributed by atoms with van der Waals surface area (Å²) in [4.78, 5) is 41.6. The molecule has 4 rings (SSSR count). The van der Waals surface area contributed by atoms with Crippen molar-refractivity contribution < 1.29 is 14.4 Å². The van der Waals surface area contributed by atoms with E-state index in [1.54, 1.807) is 18.2 Å². The highest BCUT2D eigenvalue weighted by atomic mass is 16.2. The number of carbonyl (C=O) groups is 3. The number of imide groups is 1. The number of likely N-dealkylation sites (tertiary alicyclic amines) is 1. The van der Waals surface area contributed by atoms with E-state index in [2.05, 4.69) is 0 Å². The van der Waals surface area contributed by atoms with Gasteiger partial charge in [-0.3, -0.25) is 19.3 Å². The molecule has 2 aliphatic heterocycles. The predicted octanol–water partition coefficient (Wildman–Crippen LogP) is 2.33.